The Morgan fingerprint density at radius 1 is 1.12 bits per heavy atom. The third-order valence-corrected chi connectivity index (χ3v) is 6.61. The van der Waals surface area contributed by atoms with Gasteiger partial charge >= 0.3 is 5.69 Å². The Kier molecular flexibility index (Phi) is 7.69. The molecule has 1 heterocycles. The van der Waals surface area contributed by atoms with Gasteiger partial charge in [0, 0.05) is 19.6 Å². The molecule has 2 aromatic carbocycles. The maximum Gasteiger partial charge on any atom is 0.329 e. The molecule has 0 atom stereocenters. The second kappa shape index (κ2) is 11.1. The first kappa shape index (κ1) is 23.6. The van der Waals surface area contributed by atoms with E-state index in [1.54, 1.807) is 0 Å². The zero-order valence-electron chi connectivity index (χ0n) is 19.6. The van der Waals surface area contributed by atoms with Crippen LogP contribution in [-0.4, -0.2) is 21.4 Å². The first-order valence-corrected chi connectivity index (χ1v) is 11.9. The molecule has 8 heteroatoms. The minimum absolute atomic E-state index is 0.0978. The first-order chi connectivity index (χ1) is 16.5. The number of nitro groups is 1. The Labute approximate surface area is 200 Å². The van der Waals surface area contributed by atoms with Crippen LogP contribution in [0.5, 0.6) is 0 Å². The molecule has 0 saturated heterocycles. The zero-order valence-corrected chi connectivity index (χ0v) is 19.6. The molecule has 0 spiro atoms. The lowest BCUT2D eigenvalue weighted by atomic mass is 9.89. The molecule has 1 aromatic heterocycles. The fourth-order valence-corrected chi connectivity index (χ4v) is 4.58. The summed E-state index contributed by atoms with van der Waals surface area (Å²) >= 11 is 0. The summed E-state index contributed by atoms with van der Waals surface area (Å²) in [6.45, 7) is 3.80. The minimum atomic E-state index is -0.434. The van der Waals surface area contributed by atoms with Crippen LogP contribution in [0.2, 0.25) is 0 Å². The molecule has 34 heavy (non-hydrogen) atoms. The van der Waals surface area contributed by atoms with Crippen LogP contribution >= 0.6 is 0 Å². The predicted octanol–water partition coefficient (Wildman–Crippen LogP) is 5.42. The van der Waals surface area contributed by atoms with E-state index in [1.165, 1.54) is 25.5 Å². The van der Waals surface area contributed by atoms with E-state index in [0.717, 1.165) is 40.7 Å². The van der Waals surface area contributed by atoms with Gasteiger partial charge in [0.25, 0.3) is 0 Å². The van der Waals surface area contributed by atoms with Crippen LogP contribution in [0.25, 0.3) is 11.1 Å². The van der Waals surface area contributed by atoms with Crippen LogP contribution in [0.4, 0.5) is 17.5 Å². The minimum Gasteiger partial charge on any atom is -0.364 e. The van der Waals surface area contributed by atoms with E-state index in [1.807, 2.05) is 18.2 Å². The number of nitrogens with zero attached hydrogens (tertiary/aromatic N) is 3. The van der Waals surface area contributed by atoms with E-state index in [-0.39, 0.29) is 11.5 Å². The number of anilines is 2. The van der Waals surface area contributed by atoms with Crippen molar-refractivity contribution in [1.82, 2.24) is 9.97 Å². The largest absolute Gasteiger partial charge is 0.364 e. The Bertz CT molecular complexity index is 1140. The van der Waals surface area contributed by atoms with Crippen molar-refractivity contribution < 1.29 is 4.92 Å². The lowest BCUT2D eigenvalue weighted by Gasteiger charge is -2.22. The van der Waals surface area contributed by atoms with Gasteiger partial charge in [-0.1, -0.05) is 55.7 Å². The molecule has 0 bridgehead atoms. The van der Waals surface area contributed by atoms with Crippen molar-refractivity contribution in [3.05, 3.63) is 75.5 Å². The van der Waals surface area contributed by atoms with Gasteiger partial charge in [-0.05, 0) is 59.6 Å². The van der Waals surface area contributed by atoms with Crippen molar-refractivity contribution in [1.29, 1.82) is 0 Å². The molecule has 1 aliphatic carbocycles. The summed E-state index contributed by atoms with van der Waals surface area (Å²) in [5.74, 6) is 1.17. The molecule has 4 N–H and O–H groups in total. The van der Waals surface area contributed by atoms with Gasteiger partial charge in [0.15, 0.2) is 0 Å². The highest BCUT2D eigenvalue weighted by atomic mass is 16.6. The normalized spacial score (nSPS) is 14.1. The van der Waals surface area contributed by atoms with E-state index >= 15 is 0 Å². The van der Waals surface area contributed by atoms with Crippen molar-refractivity contribution in [2.24, 2.45) is 11.7 Å². The number of hydrogen-bond acceptors (Lipinski definition) is 7. The number of rotatable bonds is 9. The lowest BCUT2D eigenvalue weighted by molar-refractivity contribution is -0.384. The fourth-order valence-electron chi connectivity index (χ4n) is 4.58. The summed E-state index contributed by atoms with van der Waals surface area (Å²) in [4.78, 5) is 19.7. The van der Waals surface area contributed by atoms with Crippen molar-refractivity contribution in [3.63, 3.8) is 0 Å². The standard InChI is InChI=1S/C26H32N6O2/c1-18-22(11-6-12-23(18)21-10-5-9-20(13-21)14-27)16-29-26-30-17-24(32(33)34)25(31-26)28-15-19-7-3-2-4-8-19/h5-6,9-13,17,19H,2-4,7-8,14-16,27H2,1H3,(H2,28,29,30,31). The van der Waals surface area contributed by atoms with Gasteiger partial charge in [-0.3, -0.25) is 10.1 Å². The average Bonchev–Trinajstić information content (AvgIpc) is 2.87. The molecule has 0 amide bonds. The zero-order chi connectivity index (χ0) is 23.9. The van der Waals surface area contributed by atoms with E-state index in [2.05, 4.69) is 51.8 Å². The second-order valence-electron chi connectivity index (χ2n) is 8.92. The Morgan fingerprint density at radius 3 is 2.68 bits per heavy atom. The molecule has 1 fully saturated rings. The lowest BCUT2D eigenvalue weighted by Crippen LogP contribution is -2.19. The highest BCUT2D eigenvalue weighted by Gasteiger charge is 2.20. The number of benzene rings is 2. The fraction of sp³-hybridized carbons (Fsp3) is 0.385. The predicted molar refractivity (Wildman–Crippen MR) is 136 cm³/mol. The van der Waals surface area contributed by atoms with Crippen molar-refractivity contribution in [2.45, 2.75) is 52.1 Å². The van der Waals surface area contributed by atoms with E-state index < -0.39 is 4.92 Å². The van der Waals surface area contributed by atoms with Gasteiger partial charge in [0.05, 0.1) is 4.92 Å². The summed E-state index contributed by atoms with van der Waals surface area (Å²) in [6, 6.07) is 14.4. The number of nitrogens with two attached hydrogens (primary N) is 1. The molecule has 1 aliphatic rings. The number of nitrogens with one attached hydrogen (secondary N) is 2. The van der Waals surface area contributed by atoms with E-state index in [4.69, 9.17) is 5.73 Å². The van der Waals surface area contributed by atoms with E-state index in [9.17, 15) is 10.1 Å². The Hall–Kier alpha value is -3.52. The summed E-state index contributed by atoms with van der Waals surface area (Å²) in [7, 11) is 0. The molecular formula is C26H32N6O2. The topological polar surface area (TPSA) is 119 Å². The van der Waals surface area contributed by atoms with Crippen LogP contribution in [-0.2, 0) is 13.1 Å². The van der Waals surface area contributed by atoms with Crippen LogP contribution in [0.3, 0.4) is 0 Å². The van der Waals surface area contributed by atoms with Crippen molar-refractivity contribution in [2.75, 3.05) is 17.2 Å². The van der Waals surface area contributed by atoms with Crippen LogP contribution < -0.4 is 16.4 Å². The Morgan fingerprint density at radius 2 is 1.91 bits per heavy atom. The van der Waals surface area contributed by atoms with Crippen molar-refractivity contribution in [3.8, 4) is 11.1 Å². The molecule has 3 aromatic rings. The van der Waals surface area contributed by atoms with Gasteiger partial charge in [-0.25, -0.2) is 4.98 Å². The molecule has 4 rings (SSSR count). The summed E-state index contributed by atoms with van der Waals surface area (Å²) in [5, 5.41) is 17.9. The summed E-state index contributed by atoms with van der Waals surface area (Å²) < 4.78 is 0. The van der Waals surface area contributed by atoms with Gasteiger partial charge in [-0.2, -0.15) is 4.98 Å². The molecular weight excluding hydrogens is 428 g/mol. The maximum atomic E-state index is 11.5. The third kappa shape index (κ3) is 5.69. The molecule has 0 aliphatic heterocycles. The molecule has 178 valence electrons. The highest BCUT2D eigenvalue weighted by Crippen LogP contribution is 2.28. The van der Waals surface area contributed by atoms with E-state index in [0.29, 0.717) is 31.5 Å². The monoisotopic (exact) mass is 460 g/mol. The van der Waals surface area contributed by atoms with Crippen LogP contribution in [0.1, 0.15) is 48.8 Å². The Balaban J connectivity index is 1.49. The molecule has 0 unspecified atom stereocenters. The highest BCUT2D eigenvalue weighted by molar-refractivity contribution is 5.69. The number of aromatic nitrogens is 2. The smallest absolute Gasteiger partial charge is 0.329 e. The van der Waals surface area contributed by atoms with Gasteiger partial charge < -0.3 is 16.4 Å². The molecule has 0 radical (unpaired) electrons. The second-order valence-corrected chi connectivity index (χ2v) is 8.92. The quantitative estimate of drug-likeness (QED) is 0.288. The molecule has 8 nitrogen and oxygen atoms in total. The third-order valence-electron chi connectivity index (χ3n) is 6.61. The molecule has 1 saturated carbocycles. The average molecular weight is 461 g/mol. The van der Waals surface area contributed by atoms with Gasteiger partial charge in [0.1, 0.15) is 6.20 Å². The van der Waals surface area contributed by atoms with Crippen molar-refractivity contribution >= 4 is 17.5 Å². The maximum absolute atomic E-state index is 11.5. The summed E-state index contributed by atoms with van der Waals surface area (Å²) in [6.07, 6.45) is 7.30. The van der Waals surface area contributed by atoms with Gasteiger partial charge in [0.2, 0.25) is 11.8 Å². The van der Waals surface area contributed by atoms with Crippen LogP contribution in [0.15, 0.2) is 48.7 Å². The van der Waals surface area contributed by atoms with Crippen LogP contribution in [0, 0.1) is 23.0 Å². The first-order valence-electron chi connectivity index (χ1n) is 11.9. The van der Waals surface area contributed by atoms with Gasteiger partial charge in [-0.15, -0.1) is 0 Å². The summed E-state index contributed by atoms with van der Waals surface area (Å²) in [5.41, 5.74) is 11.3. The number of hydrogen-bond donors (Lipinski definition) is 3. The SMILES string of the molecule is Cc1c(CNc2ncc([N+](=O)[O-])c(NCC3CCCCC3)n2)cccc1-c1cccc(CN)c1.